The Morgan fingerprint density at radius 3 is 0.726 bits per heavy atom. The van der Waals surface area contributed by atoms with E-state index >= 15 is 0 Å². The first-order valence-electron chi connectivity index (χ1n) is 34.8. The molecule has 0 aliphatic heterocycles. The summed E-state index contributed by atoms with van der Waals surface area (Å²) in [5, 5.41) is 92.8. The van der Waals surface area contributed by atoms with Gasteiger partial charge >= 0.3 is 108 Å². The Labute approximate surface area is 709 Å². The first-order valence-corrected chi connectivity index (χ1v) is 34.8. The number of rotatable bonds is 23. The van der Waals surface area contributed by atoms with Crippen LogP contribution in [0.2, 0.25) is 0 Å². The van der Waals surface area contributed by atoms with E-state index in [1.54, 1.807) is 0 Å². The molecule has 0 heterocycles. The number of nitrogens with two attached hydrogens (primary N) is 4. The maximum absolute atomic E-state index is 11.1. The van der Waals surface area contributed by atoms with Crippen molar-refractivity contribution in [3.05, 3.63) is 279 Å². The topological polar surface area (TPSA) is 582 Å². The van der Waals surface area contributed by atoms with Gasteiger partial charge in [0.25, 0.3) is 0 Å². The molecule has 0 radical (unpaired) electrons. The number of carboxylic acid groups (broad SMARTS) is 9. The van der Waals surface area contributed by atoms with Gasteiger partial charge in [0.1, 0.15) is 6.61 Å². The van der Waals surface area contributed by atoms with Gasteiger partial charge in [-0.15, -0.1) is 0 Å². The molecule has 1 aliphatic rings. The molecule has 29 nitrogen and oxygen atoms in total. The molecular weight excluding hydrogens is 1880 g/mol. The van der Waals surface area contributed by atoms with Crippen LogP contribution in [0.3, 0.4) is 0 Å². The molecular formula is C86H106N6O23Pt2. The Morgan fingerprint density at radius 2 is 0.538 bits per heavy atom. The van der Waals surface area contributed by atoms with Crippen LogP contribution < -0.4 is 10.6 Å². The molecule has 20 N–H and O–H groups in total. The molecule has 1 saturated carbocycles. The van der Waals surface area contributed by atoms with Gasteiger partial charge in [-0.2, -0.15) is 19.2 Å². The Balaban J connectivity index is -0.000000433. The smallest absolute Gasteiger partial charge is 0.693 e. The van der Waals surface area contributed by atoms with Crippen LogP contribution in [0.25, 0.3) is 24.6 Å². The number of carbonyl (C=O) groups is 9. The van der Waals surface area contributed by atoms with Crippen molar-refractivity contribution in [3.8, 4) is 0 Å². The third-order valence-electron chi connectivity index (χ3n) is 17.7. The second-order valence-electron chi connectivity index (χ2n) is 27.1. The van der Waals surface area contributed by atoms with E-state index in [-0.39, 0.29) is 130 Å². The number of benzene rings is 8. The number of aliphatic hydroxyl groups excluding tert-OH is 1. The van der Waals surface area contributed by atoms with Gasteiger partial charge in [0.2, 0.25) is 0 Å². The zero-order chi connectivity index (χ0) is 84.3. The van der Waals surface area contributed by atoms with E-state index < -0.39 is 65.7 Å². The minimum Gasteiger partial charge on any atom is -0.693 e. The number of anilines is 4. The average molecular weight is 1980 g/mol. The maximum atomic E-state index is 11.1. The molecule has 1 aliphatic carbocycles. The van der Waals surface area contributed by atoms with Crippen LogP contribution in [0.15, 0.2) is 121 Å². The second kappa shape index (κ2) is 55.9. The van der Waals surface area contributed by atoms with E-state index in [9.17, 15) is 38.4 Å². The number of aryl methyl sites for hydroxylation is 14. The SMILES string of the molecule is Cc1ccc(Cc2c(C)cc(CC(=O)O)cc2C)c(CC(=O)O)c1.Cc1ccc(Cc2c(C)cc(CC(=O)O)cc2C)c(CC(=O)O)c1.Cc1ccc(Nc2c(C)cc(CC(=O)O)cc2C)c(C)c1.Cc1ccc(Nc2c(C)cc(CC(=O)O)cc2C)c(C)c1.O=C(O)C1(C(=O)O)CCC1.O=C(O)CO.O=C=O.O=C=O.[NH2-].[NH2-].[NH2-].[NH2-].[Pt+2].[Pt+2]. The molecule has 8 aromatic carbocycles. The summed E-state index contributed by atoms with van der Waals surface area (Å²) in [4.78, 5) is 128. The first-order chi connectivity index (χ1) is 51.9. The molecule has 0 amide bonds. The Morgan fingerprint density at radius 1 is 0.316 bits per heavy atom. The van der Waals surface area contributed by atoms with Crippen molar-refractivity contribution in [3.63, 3.8) is 0 Å². The van der Waals surface area contributed by atoms with E-state index in [4.69, 9.17) is 75.0 Å². The van der Waals surface area contributed by atoms with E-state index in [0.29, 0.717) is 19.3 Å². The van der Waals surface area contributed by atoms with E-state index in [1.165, 1.54) is 22.3 Å². The van der Waals surface area contributed by atoms with Crippen molar-refractivity contribution in [2.24, 2.45) is 5.41 Å². The van der Waals surface area contributed by atoms with Gasteiger partial charge < -0.3 is 86.3 Å². The number of hydrogen-bond donors (Lipinski definition) is 12. The van der Waals surface area contributed by atoms with Crippen LogP contribution in [-0.2, 0) is 156 Å². The van der Waals surface area contributed by atoms with Gasteiger partial charge in [0.05, 0.1) is 38.5 Å². The number of carbonyl (C=O) groups excluding carboxylic acids is 4. The fourth-order valence-electron chi connectivity index (χ4n) is 12.4. The van der Waals surface area contributed by atoms with Gasteiger partial charge in [-0.1, -0.05) is 131 Å². The van der Waals surface area contributed by atoms with Crippen molar-refractivity contribution in [2.45, 2.75) is 168 Å². The largest absolute Gasteiger partial charge is 2.00 e. The molecule has 0 atom stereocenters. The van der Waals surface area contributed by atoms with Crippen LogP contribution in [-0.4, -0.2) is 124 Å². The molecule has 638 valence electrons. The number of aliphatic carboxylic acids is 9. The summed E-state index contributed by atoms with van der Waals surface area (Å²) >= 11 is 0. The van der Waals surface area contributed by atoms with Gasteiger partial charge in [0, 0.05) is 22.7 Å². The third kappa shape index (κ3) is 39.6. The van der Waals surface area contributed by atoms with Crippen LogP contribution >= 0.6 is 0 Å². The molecule has 1 fully saturated rings. The van der Waals surface area contributed by atoms with Crippen molar-refractivity contribution in [1.82, 2.24) is 0 Å². The van der Waals surface area contributed by atoms with Gasteiger partial charge in [0.15, 0.2) is 5.41 Å². The third-order valence-corrected chi connectivity index (χ3v) is 17.7. The van der Waals surface area contributed by atoms with Crippen molar-refractivity contribution >= 4 is 88.8 Å². The summed E-state index contributed by atoms with van der Waals surface area (Å²) in [6, 6.07) is 39.8. The molecule has 0 bridgehead atoms. The molecule has 9 rings (SSSR count). The summed E-state index contributed by atoms with van der Waals surface area (Å²) in [7, 11) is 0. The van der Waals surface area contributed by atoms with Gasteiger partial charge in [-0.05, 0) is 252 Å². The maximum Gasteiger partial charge on any atom is 2.00 e. The first kappa shape index (κ1) is 114. The minimum atomic E-state index is -1.44. The van der Waals surface area contributed by atoms with Crippen LogP contribution in [0, 0.1) is 102 Å². The quantitative estimate of drug-likeness (QED) is 0.0265. The van der Waals surface area contributed by atoms with E-state index in [2.05, 4.69) is 74.7 Å². The monoisotopic (exact) mass is 1980 g/mol. The molecule has 8 aromatic rings. The minimum absolute atomic E-state index is 0. The van der Waals surface area contributed by atoms with Crippen molar-refractivity contribution < 1.29 is 156 Å². The fraction of sp³-hybridized carbons (Fsp3) is 0.314. The van der Waals surface area contributed by atoms with Crippen molar-refractivity contribution in [2.75, 3.05) is 17.2 Å². The predicted molar refractivity (Wildman–Crippen MR) is 435 cm³/mol. The van der Waals surface area contributed by atoms with Crippen LogP contribution in [0.5, 0.6) is 0 Å². The summed E-state index contributed by atoms with van der Waals surface area (Å²) in [5.41, 5.74) is 27.3. The Bertz CT molecular complexity index is 4400. The molecule has 0 unspecified atom stereocenters. The number of carboxylic acids is 9. The molecule has 0 saturated heterocycles. The zero-order valence-electron chi connectivity index (χ0n) is 67.8. The zero-order valence-corrected chi connectivity index (χ0v) is 72.3. The Kier molecular flexibility index (Phi) is 54.5. The summed E-state index contributed by atoms with van der Waals surface area (Å²) in [5.74, 6) is -8.57. The van der Waals surface area contributed by atoms with Crippen molar-refractivity contribution in [1.29, 1.82) is 0 Å². The van der Waals surface area contributed by atoms with Crippen LogP contribution in [0.1, 0.15) is 153 Å². The average Bonchev–Trinajstić information content (AvgIpc) is 0.788. The standard InChI is InChI=1S/2C20H22O4.2C18H21NO2.C6H8O4.C2H4O3.2CO2.4H2N.2Pt/c2*1-12-4-5-16(17(6-12)11-20(23)24)10-18-13(2)7-15(8-14(18)3)9-19(21)22;2*1-11-5-6-16(12(2)7-11)19-18-13(3)8-15(9-14(18)4)10-17(20)21;7-4(8)6(5(9)10)2-1-3-6;3-1-2(4)5;2*2-1-3;;;;;;/h2*4-8H,9-11H2,1-3H3,(H,21,22)(H,23,24);2*5-9,19H,10H2,1-4H3,(H,20,21);1-3H2,(H,7,8)(H,9,10);3H,1H2,(H,4,5);;;4*1H2;;/q;;;;;;;;4*-1;2*+2. The number of nitrogens with one attached hydrogen (secondary N) is 2. The second-order valence-corrected chi connectivity index (χ2v) is 27.1. The predicted octanol–water partition coefficient (Wildman–Crippen LogP) is 16.6. The summed E-state index contributed by atoms with van der Waals surface area (Å²) in [6.07, 6.45) is 3.21. The van der Waals surface area contributed by atoms with Gasteiger partial charge in [-0.25, -0.2) is 4.79 Å². The normalized spacial score (nSPS) is 10.4. The van der Waals surface area contributed by atoms with Crippen LogP contribution in [0.4, 0.5) is 22.7 Å². The van der Waals surface area contributed by atoms with Gasteiger partial charge in [-0.3, -0.25) is 38.4 Å². The molecule has 0 spiro atoms. The van der Waals surface area contributed by atoms with E-state index in [0.717, 1.165) is 134 Å². The molecule has 31 heteroatoms. The Hall–Kier alpha value is -11.5. The fourth-order valence-corrected chi connectivity index (χ4v) is 12.4. The number of hydrogen-bond acceptors (Lipinski definition) is 16. The summed E-state index contributed by atoms with van der Waals surface area (Å²) < 4.78 is 0. The summed E-state index contributed by atoms with van der Waals surface area (Å²) in [6.45, 7) is 27.3. The molecule has 117 heavy (non-hydrogen) atoms. The van der Waals surface area contributed by atoms with E-state index in [1.807, 2.05) is 154 Å². The number of aliphatic hydroxyl groups is 1. The molecule has 0 aromatic heterocycles.